The lowest BCUT2D eigenvalue weighted by atomic mass is 10.3. The van der Waals surface area contributed by atoms with Gasteiger partial charge >= 0.3 is 0 Å². The van der Waals surface area contributed by atoms with Crippen LogP contribution in [0.1, 0.15) is 17.5 Å². The molecule has 0 aliphatic rings. The highest BCUT2D eigenvalue weighted by Crippen LogP contribution is 2.33. The molecule has 0 aliphatic heterocycles. The van der Waals surface area contributed by atoms with E-state index in [-0.39, 0.29) is 0 Å². The van der Waals surface area contributed by atoms with E-state index in [0.29, 0.717) is 0 Å². The monoisotopic (exact) mass is 375 g/mol. The highest BCUT2D eigenvalue weighted by Gasteiger charge is 2.10. The molecule has 4 aromatic rings. The van der Waals surface area contributed by atoms with Gasteiger partial charge in [-0.05, 0) is 23.9 Å². The largest absolute Gasteiger partial charge is 0.240 e. The summed E-state index contributed by atoms with van der Waals surface area (Å²) in [6.45, 7) is 2.17. The molecule has 0 unspecified atom stereocenters. The fourth-order valence-corrected chi connectivity index (χ4v) is 5.71. The van der Waals surface area contributed by atoms with Crippen molar-refractivity contribution in [1.29, 1.82) is 0 Å². The second kappa shape index (κ2) is 6.68. The summed E-state index contributed by atoms with van der Waals surface area (Å²) in [6.07, 6.45) is 2.71. The smallest absolute Gasteiger partial charge is 0.128 e. The minimum Gasteiger partial charge on any atom is -0.240 e. The van der Waals surface area contributed by atoms with Crippen molar-refractivity contribution in [2.75, 3.05) is 0 Å². The molecule has 0 N–H and O–H groups in total. The number of thioether (sulfide) groups is 1. The molecule has 0 saturated carbocycles. The zero-order chi connectivity index (χ0) is 15.6. The van der Waals surface area contributed by atoms with Crippen LogP contribution in [-0.4, -0.2) is 15.0 Å². The first-order valence-electron chi connectivity index (χ1n) is 7.16. The summed E-state index contributed by atoms with van der Waals surface area (Å²) in [5, 5.41) is 9.69. The zero-order valence-corrected chi connectivity index (χ0v) is 15.6. The van der Waals surface area contributed by atoms with E-state index in [4.69, 9.17) is 4.98 Å². The molecule has 0 saturated heterocycles. The van der Waals surface area contributed by atoms with E-state index in [9.17, 15) is 0 Å². The molecule has 3 nitrogen and oxygen atoms in total. The Kier molecular flexibility index (Phi) is 4.43. The Hall–Kier alpha value is -1.28. The quantitative estimate of drug-likeness (QED) is 0.330. The summed E-state index contributed by atoms with van der Waals surface area (Å²) >= 11 is 6.91. The van der Waals surface area contributed by atoms with E-state index in [1.54, 1.807) is 52.1 Å². The summed E-state index contributed by atoms with van der Waals surface area (Å²) < 4.78 is 0. The van der Waals surface area contributed by atoms with Gasteiger partial charge in [-0.25, -0.2) is 15.0 Å². The maximum atomic E-state index is 4.73. The van der Waals surface area contributed by atoms with Gasteiger partial charge in [-0.3, -0.25) is 0 Å². The molecule has 0 atom stereocenters. The van der Waals surface area contributed by atoms with E-state index >= 15 is 0 Å². The van der Waals surface area contributed by atoms with Crippen molar-refractivity contribution in [2.24, 2.45) is 0 Å². The molecule has 0 spiro atoms. The maximum Gasteiger partial charge on any atom is 0.128 e. The van der Waals surface area contributed by atoms with Crippen molar-refractivity contribution >= 4 is 56.0 Å². The molecular weight excluding hydrogens is 362 g/mol. The van der Waals surface area contributed by atoms with Crippen LogP contribution in [0.25, 0.3) is 20.8 Å². The second-order valence-electron chi connectivity index (χ2n) is 4.91. The molecule has 4 aromatic heterocycles. The minimum absolute atomic E-state index is 0.837. The first-order chi connectivity index (χ1) is 11.3. The normalized spacial score (nSPS) is 11.3. The summed E-state index contributed by atoms with van der Waals surface area (Å²) in [5.41, 5.74) is 2.32. The van der Waals surface area contributed by atoms with Crippen LogP contribution in [-0.2, 0) is 12.2 Å². The Balaban J connectivity index is 1.54. The summed E-state index contributed by atoms with van der Waals surface area (Å²) in [6, 6.07) is 4.34. The number of nitrogens with zero attached hydrogens (tertiary/aromatic N) is 3. The van der Waals surface area contributed by atoms with E-state index in [1.165, 1.54) is 15.8 Å². The summed E-state index contributed by atoms with van der Waals surface area (Å²) in [7, 11) is 0. The van der Waals surface area contributed by atoms with Crippen molar-refractivity contribution in [3.8, 4) is 10.6 Å². The minimum atomic E-state index is 0.837. The fourth-order valence-electron chi connectivity index (χ4n) is 2.21. The number of hydrogen-bond donors (Lipinski definition) is 0. The Morgan fingerprint density at radius 2 is 2.17 bits per heavy atom. The van der Waals surface area contributed by atoms with Crippen LogP contribution in [0, 0.1) is 0 Å². The SMILES string of the molecule is CCc1cc2c(SCc3csc(-c4ccsc4)n3)ncnc2s1. The molecule has 23 heavy (non-hydrogen) atoms. The van der Waals surface area contributed by atoms with E-state index in [1.807, 2.05) is 0 Å². The topological polar surface area (TPSA) is 38.7 Å². The molecule has 0 amide bonds. The van der Waals surface area contributed by atoms with Crippen LogP contribution in [0.5, 0.6) is 0 Å². The molecule has 0 bridgehead atoms. The Labute approximate surface area is 150 Å². The lowest BCUT2D eigenvalue weighted by molar-refractivity contribution is 1.10. The molecule has 116 valence electrons. The average Bonchev–Trinajstić information content (AvgIpc) is 3.31. The third kappa shape index (κ3) is 3.19. The lowest BCUT2D eigenvalue weighted by Crippen LogP contribution is -1.86. The zero-order valence-electron chi connectivity index (χ0n) is 12.4. The molecule has 4 rings (SSSR count). The van der Waals surface area contributed by atoms with Crippen molar-refractivity contribution in [3.05, 3.63) is 45.2 Å². The fraction of sp³-hybridized carbons (Fsp3) is 0.188. The highest BCUT2D eigenvalue weighted by atomic mass is 32.2. The molecular formula is C16H13N3S4. The van der Waals surface area contributed by atoms with Crippen LogP contribution in [0.15, 0.2) is 39.6 Å². The van der Waals surface area contributed by atoms with Gasteiger partial charge in [-0.2, -0.15) is 11.3 Å². The van der Waals surface area contributed by atoms with Crippen LogP contribution in [0.2, 0.25) is 0 Å². The Morgan fingerprint density at radius 3 is 3.00 bits per heavy atom. The molecule has 0 fully saturated rings. The van der Waals surface area contributed by atoms with Gasteiger partial charge in [0.15, 0.2) is 0 Å². The third-order valence-corrected chi connectivity index (χ3v) is 7.22. The number of aromatic nitrogens is 3. The van der Waals surface area contributed by atoms with Gasteiger partial charge in [0, 0.05) is 32.3 Å². The van der Waals surface area contributed by atoms with Gasteiger partial charge < -0.3 is 0 Å². The number of aryl methyl sites for hydroxylation is 1. The van der Waals surface area contributed by atoms with Crippen LogP contribution in [0.3, 0.4) is 0 Å². The van der Waals surface area contributed by atoms with Gasteiger partial charge in [0.2, 0.25) is 0 Å². The van der Waals surface area contributed by atoms with Crippen LogP contribution in [0.4, 0.5) is 0 Å². The van der Waals surface area contributed by atoms with E-state index in [0.717, 1.165) is 32.7 Å². The van der Waals surface area contributed by atoms with E-state index < -0.39 is 0 Å². The third-order valence-electron chi connectivity index (χ3n) is 3.37. The lowest BCUT2D eigenvalue weighted by Gasteiger charge is -1.99. The van der Waals surface area contributed by atoms with Gasteiger partial charge in [-0.15, -0.1) is 22.7 Å². The average molecular weight is 376 g/mol. The van der Waals surface area contributed by atoms with Crippen molar-refractivity contribution in [2.45, 2.75) is 24.1 Å². The summed E-state index contributed by atoms with van der Waals surface area (Å²) in [5.74, 6) is 0.837. The predicted molar refractivity (Wildman–Crippen MR) is 102 cm³/mol. The van der Waals surface area contributed by atoms with Crippen molar-refractivity contribution < 1.29 is 0 Å². The van der Waals surface area contributed by atoms with Crippen molar-refractivity contribution in [1.82, 2.24) is 15.0 Å². The molecule has 0 radical (unpaired) electrons. The number of hydrogen-bond acceptors (Lipinski definition) is 7. The maximum absolute atomic E-state index is 4.73. The number of thiazole rings is 1. The molecule has 0 aromatic carbocycles. The number of thiophene rings is 2. The van der Waals surface area contributed by atoms with Gasteiger partial charge in [0.05, 0.1) is 5.69 Å². The first-order valence-corrected chi connectivity index (χ1v) is 10.8. The van der Waals surface area contributed by atoms with Gasteiger partial charge in [0.1, 0.15) is 21.2 Å². The predicted octanol–water partition coefficient (Wildman–Crippen LogP) is 5.73. The number of fused-ring (bicyclic) bond motifs is 1. The van der Waals surface area contributed by atoms with Gasteiger partial charge in [-0.1, -0.05) is 18.7 Å². The van der Waals surface area contributed by atoms with E-state index in [2.05, 4.69) is 45.2 Å². The van der Waals surface area contributed by atoms with Crippen molar-refractivity contribution in [3.63, 3.8) is 0 Å². The highest BCUT2D eigenvalue weighted by molar-refractivity contribution is 7.98. The summed E-state index contributed by atoms with van der Waals surface area (Å²) in [4.78, 5) is 16.0. The molecule has 7 heteroatoms. The number of rotatable bonds is 5. The first kappa shape index (κ1) is 15.3. The van der Waals surface area contributed by atoms with Gasteiger partial charge in [0.25, 0.3) is 0 Å². The Morgan fingerprint density at radius 1 is 1.22 bits per heavy atom. The Bertz CT molecular complexity index is 924. The van der Waals surface area contributed by atoms with Crippen LogP contribution >= 0.6 is 45.8 Å². The second-order valence-corrected chi connectivity index (χ2v) is 8.63. The molecule has 0 aliphatic carbocycles. The molecule has 4 heterocycles. The van der Waals surface area contributed by atoms with Crippen LogP contribution < -0.4 is 0 Å². The standard InChI is InChI=1S/C16H13N3S4/c1-2-12-5-13-15(17-9-18-16(13)23-12)22-8-11-7-21-14(19-11)10-3-4-20-6-10/h3-7,9H,2,8H2,1H3.